The van der Waals surface area contributed by atoms with Crippen LogP contribution >= 0.6 is 0 Å². The van der Waals surface area contributed by atoms with Crippen LogP contribution < -0.4 is 19.5 Å². The highest BCUT2D eigenvalue weighted by Crippen LogP contribution is 2.32. The van der Waals surface area contributed by atoms with Crippen LogP contribution in [0.2, 0.25) is 0 Å². The molecule has 0 saturated carbocycles. The zero-order valence-electron chi connectivity index (χ0n) is 26.5. The first-order chi connectivity index (χ1) is 22.5. The number of hydrogen-bond donors (Lipinski definition) is 2. The first-order valence-corrected chi connectivity index (χ1v) is 15.5. The SMILES string of the molecule is COC(=O)NCCc1ccccc1OCCOC1CN(C(=O)O)CCC1c1ccc(OCCCOCc2ccccc2OC)cc1. The van der Waals surface area contributed by atoms with Crippen molar-refractivity contribution in [2.45, 2.75) is 37.9 Å². The van der Waals surface area contributed by atoms with Gasteiger partial charge in [0, 0.05) is 31.0 Å². The van der Waals surface area contributed by atoms with Crippen LogP contribution in [0.4, 0.5) is 9.59 Å². The Bertz CT molecular complexity index is 1370. The second-order valence-corrected chi connectivity index (χ2v) is 10.8. The van der Waals surface area contributed by atoms with Crippen LogP contribution in [0.1, 0.15) is 35.4 Å². The van der Waals surface area contributed by atoms with Crippen LogP contribution in [-0.4, -0.2) is 88.6 Å². The molecule has 46 heavy (non-hydrogen) atoms. The van der Waals surface area contributed by atoms with E-state index in [0.29, 0.717) is 64.7 Å². The average Bonchev–Trinajstić information content (AvgIpc) is 3.09. The smallest absolute Gasteiger partial charge is 0.407 e. The van der Waals surface area contributed by atoms with Crippen molar-refractivity contribution in [2.75, 3.05) is 60.3 Å². The topological polar surface area (TPSA) is 125 Å². The Hall–Kier alpha value is -4.48. The van der Waals surface area contributed by atoms with E-state index in [-0.39, 0.29) is 18.6 Å². The Morgan fingerprint density at radius 2 is 1.61 bits per heavy atom. The number of piperidine rings is 1. The molecule has 1 aliphatic heterocycles. The van der Waals surface area contributed by atoms with Gasteiger partial charge in [-0.1, -0.05) is 48.5 Å². The molecule has 0 spiro atoms. The second kappa shape index (κ2) is 18.5. The molecule has 11 nitrogen and oxygen atoms in total. The summed E-state index contributed by atoms with van der Waals surface area (Å²) in [7, 11) is 2.98. The van der Waals surface area contributed by atoms with E-state index in [0.717, 1.165) is 34.6 Å². The summed E-state index contributed by atoms with van der Waals surface area (Å²) in [6.07, 6.45) is 0.235. The highest BCUT2D eigenvalue weighted by molar-refractivity contribution is 5.66. The number of para-hydroxylation sites is 2. The lowest BCUT2D eigenvalue weighted by Crippen LogP contribution is -2.46. The van der Waals surface area contributed by atoms with Crippen LogP contribution in [-0.2, 0) is 27.2 Å². The summed E-state index contributed by atoms with van der Waals surface area (Å²) in [6, 6.07) is 23.4. The van der Waals surface area contributed by atoms with Gasteiger partial charge in [-0.15, -0.1) is 0 Å². The molecule has 1 saturated heterocycles. The van der Waals surface area contributed by atoms with Crippen molar-refractivity contribution in [3.63, 3.8) is 0 Å². The molecule has 3 aromatic rings. The van der Waals surface area contributed by atoms with E-state index in [1.54, 1.807) is 7.11 Å². The molecule has 2 amide bonds. The van der Waals surface area contributed by atoms with Gasteiger partial charge in [0.15, 0.2) is 0 Å². The number of carboxylic acid groups (broad SMARTS) is 1. The lowest BCUT2D eigenvalue weighted by atomic mass is 9.87. The number of carbonyl (C=O) groups excluding carboxylic acids is 1. The molecule has 2 unspecified atom stereocenters. The van der Waals surface area contributed by atoms with Gasteiger partial charge in [-0.05, 0) is 48.2 Å². The van der Waals surface area contributed by atoms with Crippen LogP contribution in [0, 0.1) is 0 Å². The summed E-state index contributed by atoms with van der Waals surface area (Å²) >= 11 is 0. The number of carbonyl (C=O) groups is 2. The van der Waals surface area contributed by atoms with E-state index in [1.165, 1.54) is 12.0 Å². The van der Waals surface area contributed by atoms with Gasteiger partial charge < -0.3 is 43.7 Å². The fourth-order valence-electron chi connectivity index (χ4n) is 5.38. The predicted molar refractivity (Wildman–Crippen MR) is 172 cm³/mol. The molecule has 1 heterocycles. The molecule has 0 radical (unpaired) electrons. The van der Waals surface area contributed by atoms with Gasteiger partial charge in [-0.2, -0.15) is 0 Å². The maximum Gasteiger partial charge on any atom is 0.407 e. The molecule has 0 aliphatic carbocycles. The zero-order valence-corrected chi connectivity index (χ0v) is 26.5. The van der Waals surface area contributed by atoms with Crippen molar-refractivity contribution in [3.05, 3.63) is 89.5 Å². The summed E-state index contributed by atoms with van der Waals surface area (Å²) in [6.45, 7) is 3.31. The predicted octanol–water partition coefficient (Wildman–Crippen LogP) is 5.51. The molecule has 1 fully saturated rings. The van der Waals surface area contributed by atoms with Gasteiger partial charge in [0.25, 0.3) is 0 Å². The molecule has 4 rings (SSSR count). The van der Waals surface area contributed by atoms with Crippen molar-refractivity contribution >= 4 is 12.2 Å². The lowest BCUT2D eigenvalue weighted by Gasteiger charge is -2.37. The van der Waals surface area contributed by atoms with Gasteiger partial charge >= 0.3 is 12.2 Å². The molecule has 2 N–H and O–H groups in total. The van der Waals surface area contributed by atoms with Crippen molar-refractivity contribution in [2.24, 2.45) is 0 Å². The van der Waals surface area contributed by atoms with E-state index in [9.17, 15) is 14.7 Å². The summed E-state index contributed by atoms with van der Waals surface area (Å²) in [5.41, 5.74) is 3.04. The maximum absolute atomic E-state index is 11.7. The second-order valence-electron chi connectivity index (χ2n) is 10.8. The highest BCUT2D eigenvalue weighted by atomic mass is 16.5. The fraction of sp³-hybridized carbons (Fsp3) is 0.429. The molecule has 11 heteroatoms. The number of nitrogens with zero attached hydrogens (tertiary/aromatic N) is 1. The van der Waals surface area contributed by atoms with Gasteiger partial charge in [0.1, 0.15) is 23.9 Å². The van der Waals surface area contributed by atoms with Crippen LogP contribution in [0.25, 0.3) is 0 Å². The first kappa shape index (κ1) is 34.4. The average molecular weight is 637 g/mol. The van der Waals surface area contributed by atoms with Gasteiger partial charge in [0.05, 0.1) is 53.3 Å². The highest BCUT2D eigenvalue weighted by Gasteiger charge is 2.33. The minimum absolute atomic E-state index is 0.0321. The molecule has 0 bridgehead atoms. The van der Waals surface area contributed by atoms with Crippen molar-refractivity contribution < 1.29 is 43.1 Å². The maximum atomic E-state index is 11.7. The standard InChI is InChI=1S/C35H44N2O9/c1-41-31-10-5-4-9-28(31)25-43-20-7-21-44-29-14-12-26(13-15-29)30-17-19-37(35(39)40)24-33(30)46-23-22-45-32-11-6-3-8-27(32)16-18-36-34(38)42-2/h3-6,8-15,30,33H,7,16-25H2,1-2H3,(H,36,38)(H,39,40). The largest absolute Gasteiger partial charge is 0.496 e. The summed E-state index contributed by atoms with van der Waals surface area (Å²) in [5, 5.41) is 12.3. The molecule has 1 aliphatic rings. The molecule has 248 valence electrons. The van der Waals surface area contributed by atoms with Crippen molar-refractivity contribution in [1.82, 2.24) is 10.2 Å². The quantitative estimate of drug-likeness (QED) is 0.185. The number of benzene rings is 3. The summed E-state index contributed by atoms with van der Waals surface area (Å²) in [4.78, 5) is 24.5. The normalized spacial score (nSPS) is 16.0. The number of ether oxygens (including phenoxy) is 6. The zero-order chi connectivity index (χ0) is 32.6. The van der Waals surface area contributed by atoms with E-state index in [4.69, 9.17) is 23.7 Å². The Balaban J connectivity index is 1.23. The minimum atomic E-state index is -0.951. The number of amides is 2. The summed E-state index contributed by atoms with van der Waals surface area (Å²) < 4.78 is 33.9. The number of methoxy groups -OCH3 is 2. The van der Waals surface area contributed by atoms with Gasteiger partial charge in [-0.25, -0.2) is 9.59 Å². The molecule has 0 aromatic heterocycles. The number of rotatable bonds is 17. The third kappa shape index (κ3) is 10.6. The van der Waals surface area contributed by atoms with Crippen LogP contribution in [0.5, 0.6) is 17.2 Å². The number of alkyl carbamates (subject to hydrolysis) is 1. The molecule has 3 aromatic carbocycles. The Labute approximate surface area is 270 Å². The number of hydrogen-bond acceptors (Lipinski definition) is 8. The Morgan fingerprint density at radius 3 is 2.35 bits per heavy atom. The lowest BCUT2D eigenvalue weighted by molar-refractivity contribution is -0.0207. The molecular weight excluding hydrogens is 592 g/mol. The Kier molecular flexibility index (Phi) is 13.8. The van der Waals surface area contributed by atoms with Crippen molar-refractivity contribution in [3.8, 4) is 17.2 Å². The number of likely N-dealkylation sites (tertiary alicyclic amines) is 1. The van der Waals surface area contributed by atoms with E-state index in [2.05, 4.69) is 10.1 Å². The van der Waals surface area contributed by atoms with Crippen LogP contribution in [0.15, 0.2) is 72.8 Å². The third-order valence-corrected chi connectivity index (χ3v) is 7.78. The monoisotopic (exact) mass is 636 g/mol. The Morgan fingerprint density at radius 1 is 0.870 bits per heavy atom. The van der Waals surface area contributed by atoms with E-state index in [1.807, 2.05) is 72.8 Å². The minimum Gasteiger partial charge on any atom is -0.496 e. The summed E-state index contributed by atoms with van der Waals surface area (Å²) in [5.74, 6) is 2.33. The molecule has 2 atom stereocenters. The first-order valence-electron chi connectivity index (χ1n) is 15.5. The van der Waals surface area contributed by atoms with Gasteiger partial charge in [0.2, 0.25) is 0 Å². The van der Waals surface area contributed by atoms with Gasteiger partial charge in [-0.3, -0.25) is 0 Å². The van der Waals surface area contributed by atoms with Crippen LogP contribution in [0.3, 0.4) is 0 Å². The fourth-order valence-corrected chi connectivity index (χ4v) is 5.38. The van der Waals surface area contributed by atoms with E-state index < -0.39 is 12.2 Å². The third-order valence-electron chi connectivity index (χ3n) is 7.78. The van der Waals surface area contributed by atoms with E-state index >= 15 is 0 Å². The molecular formula is C35H44N2O9. The van der Waals surface area contributed by atoms with Crippen molar-refractivity contribution in [1.29, 1.82) is 0 Å². The number of nitrogens with one attached hydrogen (secondary N) is 1.